The van der Waals surface area contributed by atoms with Crippen LogP contribution in [0.3, 0.4) is 0 Å². The quantitative estimate of drug-likeness (QED) is 0.892. The number of hydrogen-bond donors (Lipinski definition) is 1. The van der Waals surface area contributed by atoms with Crippen LogP contribution in [0.25, 0.3) is 11.0 Å². The van der Waals surface area contributed by atoms with Crippen LogP contribution in [0.5, 0.6) is 0 Å². The first-order chi connectivity index (χ1) is 12.6. The standard InChI is InChI=1S/C20H28N4O2/c1-13(12-25)23(2)20(26)16-10-18(14-8-9-14)22-19-17(16)11-21-24(19)15-6-4-3-5-7-15/h10-11,13-15,25H,3-9,12H2,1-2H3/t13-/m1/s1. The molecule has 0 aliphatic heterocycles. The summed E-state index contributed by atoms with van der Waals surface area (Å²) < 4.78 is 2.06. The molecule has 140 valence electrons. The molecule has 1 amide bonds. The average molecular weight is 356 g/mol. The molecule has 2 aliphatic carbocycles. The van der Waals surface area contributed by atoms with Crippen LogP contribution in [0.4, 0.5) is 0 Å². The summed E-state index contributed by atoms with van der Waals surface area (Å²) in [4.78, 5) is 19.6. The van der Waals surface area contributed by atoms with E-state index in [1.807, 2.05) is 13.0 Å². The molecule has 0 bridgehead atoms. The Morgan fingerprint density at radius 3 is 2.69 bits per heavy atom. The van der Waals surface area contributed by atoms with Crippen LogP contribution in [0, 0.1) is 0 Å². The highest BCUT2D eigenvalue weighted by molar-refractivity contribution is 6.05. The summed E-state index contributed by atoms with van der Waals surface area (Å²) in [6.45, 7) is 1.80. The molecule has 26 heavy (non-hydrogen) atoms. The molecule has 2 fully saturated rings. The highest BCUT2D eigenvalue weighted by atomic mass is 16.3. The highest BCUT2D eigenvalue weighted by Gasteiger charge is 2.30. The lowest BCUT2D eigenvalue weighted by Crippen LogP contribution is -2.37. The molecule has 1 N–H and O–H groups in total. The number of aliphatic hydroxyl groups is 1. The first kappa shape index (κ1) is 17.5. The van der Waals surface area contributed by atoms with Crippen molar-refractivity contribution in [3.63, 3.8) is 0 Å². The Bertz CT molecular complexity index is 805. The molecule has 0 spiro atoms. The summed E-state index contributed by atoms with van der Waals surface area (Å²) in [5.74, 6) is 0.408. The van der Waals surface area contributed by atoms with Crippen molar-refractivity contribution in [2.75, 3.05) is 13.7 Å². The normalized spacial score (nSPS) is 19.7. The van der Waals surface area contributed by atoms with E-state index in [4.69, 9.17) is 4.98 Å². The molecular weight excluding hydrogens is 328 g/mol. The molecule has 0 unspecified atom stereocenters. The summed E-state index contributed by atoms with van der Waals surface area (Å²) in [5, 5.41) is 14.9. The van der Waals surface area contributed by atoms with Gasteiger partial charge < -0.3 is 10.0 Å². The number of hydrogen-bond acceptors (Lipinski definition) is 4. The minimum absolute atomic E-state index is 0.0483. The molecule has 4 rings (SSSR count). The number of aliphatic hydroxyl groups excluding tert-OH is 1. The second-order valence-electron chi connectivity index (χ2n) is 7.93. The van der Waals surface area contributed by atoms with Gasteiger partial charge in [0, 0.05) is 18.7 Å². The van der Waals surface area contributed by atoms with Crippen molar-refractivity contribution in [2.24, 2.45) is 0 Å². The largest absolute Gasteiger partial charge is 0.394 e. The fourth-order valence-electron chi connectivity index (χ4n) is 3.91. The maximum Gasteiger partial charge on any atom is 0.254 e. The van der Waals surface area contributed by atoms with E-state index in [2.05, 4.69) is 9.78 Å². The van der Waals surface area contributed by atoms with Crippen molar-refractivity contribution in [3.8, 4) is 0 Å². The molecule has 0 aromatic carbocycles. The number of likely N-dealkylation sites (N-methyl/N-ethyl adjacent to an activating group) is 1. The Balaban J connectivity index is 1.79. The summed E-state index contributed by atoms with van der Waals surface area (Å²) in [7, 11) is 1.75. The van der Waals surface area contributed by atoms with E-state index in [0.717, 1.165) is 42.4 Å². The fraction of sp³-hybridized carbons (Fsp3) is 0.650. The first-order valence-corrected chi connectivity index (χ1v) is 9.86. The summed E-state index contributed by atoms with van der Waals surface area (Å²) in [6.07, 6.45) is 10.1. The van der Waals surface area contributed by atoms with Crippen molar-refractivity contribution in [1.29, 1.82) is 0 Å². The molecule has 6 nitrogen and oxygen atoms in total. The molecule has 2 aromatic rings. The average Bonchev–Trinajstić information content (AvgIpc) is 3.45. The first-order valence-electron chi connectivity index (χ1n) is 9.86. The number of carbonyl (C=O) groups excluding carboxylic acids is 1. The number of nitrogens with zero attached hydrogens (tertiary/aromatic N) is 4. The van der Waals surface area contributed by atoms with Gasteiger partial charge in [-0.3, -0.25) is 4.79 Å². The molecular formula is C20H28N4O2. The molecule has 6 heteroatoms. The van der Waals surface area contributed by atoms with Crippen molar-refractivity contribution >= 4 is 16.9 Å². The van der Waals surface area contributed by atoms with Gasteiger partial charge >= 0.3 is 0 Å². The van der Waals surface area contributed by atoms with Crippen LogP contribution < -0.4 is 0 Å². The van der Waals surface area contributed by atoms with Crippen LogP contribution in [-0.2, 0) is 0 Å². The predicted molar refractivity (Wildman–Crippen MR) is 100 cm³/mol. The molecule has 0 radical (unpaired) electrons. The van der Waals surface area contributed by atoms with Gasteiger partial charge in [0.05, 0.1) is 35.8 Å². The number of amides is 1. The zero-order chi connectivity index (χ0) is 18.3. The van der Waals surface area contributed by atoms with E-state index in [0.29, 0.717) is 17.5 Å². The maximum atomic E-state index is 13.1. The Morgan fingerprint density at radius 2 is 2.04 bits per heavy atom. The van der Waals surface area contributed by atoms with Crippen LogP contribution in [0.15, 0.2) is 12.3 Å². The van der Waals surface area contributed by atoms with Crippen LogP contribution in [0.1, 0.15) is 79.9 Å². The van der Waals surface area contributed by atoms with E-state index < -0.39 is 0 Å². The Kier molecular flexibility index (Phi) is 4.69. The summed E-state index contributed by atoms with van der Waals surface area (Å²) >= 11 is 0. The van der Waals surface area contributed by atoms with E-state index in [-0.39, 0.29) is 18.6 Å². The second kappa shape index (κ2) is 6.99. The van der Waals surface area contributed by atoms with Gasteiger partial charge in [-0.2, -0.15) is 5.10 Å². The minimum atomic E-state index is -0.219. The molecule has 2 saturated carbocycles. The third-order valence-corrected chi connectivity index (χ3v) is 5.98. The monoisotopic (exact) mass is 356 g/mol. The zero-order valence-corrected chi connectivity index (χ0v) is 15.7. The molecule has 2 aromatic heterocycles. The number of rotatable bonds is 5. The minimum Gasteiger partial charge on any atom is -0.394 e. The van der Waals surface area contributed by atoms with Crippen LogP contribution in [-0.4, -0.2) is 50.4 Å². The number of pyridine rings is 1. The maximum absolute atomic E-state index is 13.1. The number of aromatic nitrogens is 3. The lowest BCUT2D eigenvalue weighted by atomic mass is 9.95. The SMILES string of the molecule is C[C@H](CO)N(C)C(=O)c1cc(C2CC2)nc2c1cnn2C1CCCCC1. The van der Waals surface area contributed by atoms with Gasteiger partial charge in [-0.1, -0.05) is 19.3 Å². The van der Waals surface area contributed by atoms with Gasteiger partial charge in [-0.05, 0) is 38.7 Å². The van der Waals surface area contributed by atoms with Crippen LogP contribution >= 0.6 is 0 Å². The van der Waals surface area contributed by atoms with E-state index in [9.17, 15) is 9.90 Å². The van der Waals surface area contributed by atoms with Gasteiger partial charge in [0.1, 0.15) is 0 Å². The van der Waals surface area contributed by atoms with Gasteiger partial charge in [0.25, 0.3) is 5.91 Å². The van der Waals surface area contributed by atoms with Crippen molar-refractivity contribution in [3.05, 3.63) is 23.5 Å². The zero-order valence-electron chi connectivity index (χ0n) is 15.7. The number of carbonyl (C=O) groups is 1. The second-order valence-corrected chi connectivity index (χ2v) is 7.93. The topological polar surface area (TPSA) is 71.2 Å². The molecule has 0 saturated heterocycles. The van der Waals surface area contributed by atoms with Crippen LogP contribution in [0.2, 0.25) is 0 Å². The van der Waals surface area contributed by atoms with Crippen molar-refractivity contribution < 1.29 is 9.90 Å². The van der Waals surface area contributed by atoms with Crippen molar-refractivity contribution in [1.82, 2.24) is 19.7 Å². The predicted octanol–water partition coefficient (Wildman–Crippen LogP) is 3.27. The Labute approximate surface area is 154 Å². The van der Waals surface area contributed by atoms with Gasteiger partial charge in [0.2, 0.25) is 0 Å². The van der Waals surface area contributed by atoms with Gasteiger partial charge in [-0.15, -0.1) is 0 Å². The molecule has 1 atom stereocenters. The van der Waals surface area contributed by atoms with Gasteiger partial charge in [-0.25, -0.2) is 9.67 Å². The number of fused-ring (bicyclic) bond motifs is 1. The highest BCUT2D eigenvalue weighted by Crippen LogP contribution is 2.41. The summed E-state index contributed by atoms with van der Waals surface area (Å²) in [5.41, 5.74) is 2.54. The molecule has 2 heterocycles. The molecule has 2 aliphatic rings. The Hall–Kier alpha value is -1.95. The van der Waals surface area contributed by atoms with E-state index in [1.165, 1.54) is 19.3 Å². The lowest BCUT2D eigenvalue weighted by Gasteiger charge is -2.24. The van der Waals surface area contributed by atoms with E-state index >= 15 is 0 Å². The third-order valence-electron chi connectivity index (χ3n) is 5.98. The third kappa shape index (κ3) is 3.11. The van der Waals surface area contributed by atoms with Crippen molar-refractivity contribution in [2.45, 2.75) is 69.9 Å². The Morgan fingerprint density at radius 1 is 1.31 bits per heavy atom. The van der Waals surface area contributed by atoms with E-state index in [1.54, 1.807) is 18.1 Å². The smallest absolute Gasteiger partial charge is 0.254 e. The summed E-state index contributed by atoms with van der Waals surface area (Å²) in [6, 6.07) is 2.12. The lowest BCUT2D eigenvalue weighted by molar-refractivity contribution is 0.0684. The fourth-order valence-corrected chi connectivity index (χ4v) is 3.91. The van der Waals surface area contributed by atoms with Gasteiger partial charge in [0.15, 0.2) is 5.65 Å².